The van der Waals surface area contributed by atoms with Crippen LogP contribution in [-0.4, -0.2) is 30.5 Å². The first-order chi connectivity index (χ1) is 11.9. The number of esters is 1. The molecule has 0 saturated carbocycles. The molecule has 0 saturated heterocycles. The van der Waals surface area contributed by atoms with Crippen molar-refractivity contribution >= 4 is 40.5 Å². The first kappa shape index (κ1) is 18.2. The van der Waals surface area contributed by atoms with Crippen molar-refractivity contribution < 1.29 is 19.2 Å². The average molecular weight is 364 g/mol. The highest BCUT2D eigenvalue weighted by atomic mass is 35.5. The Morgan fingerprint density at radius 2 is 1.88 bits per heavy atom. The van der Waals surface area contributed by atoms with Crippen LogP contribution in [0.15, 0.2) is 42.5 Å². The molecule has 0 spiro atoms. The topological polar surface area (TPSA) is 111 Å². The summed E-state index contributed by atoms with van der Waals surface area (Å²) in [6.07, 6.45) is 0. The number of rotatable bonds is 6. The van der Waals surface area contributed by atoms with E-state index in [1.807, 2.05) is 0 Å². The van der Waals surface area contributed by atoms with Crippen LogP contribution in [0, 0.1) is 10.1 Å². The van der Waals surface area contributed by atoms with E-state index in [1.54, 1.807) is 31.3 Å². The first-order valence-electron chi connectivity index (χ1n) is 7.09. The Bertz CT molecular complexity index is 808. The summed E-state index contributed by atoms with van der Waals surface area (Å²) in [7, 11) is 1.56. The second kappa shape index (κ2) is 8.11. The molecule has 0 aliphatic carbocycles. The number of hydrogen-bond acceptors (Lipinski definition) is 6. The van der Waals surface area contributed by atoms with Gasteiger partial charge in [0.2, 0.25) is 0 Å². The Labute approximate surface area is 147 Å². The molecule has 0 fully saturated rings. The Morgan fingerprint density at radius 1 is 1.20 bits per heavy atom. The number of nitro benzene ring substituents is 1. The van der Waals surface area contributed by atoms with Gasteiger partial charge in [-0.25, -0.2) is 4.79 Å². The van der Waals surface area contributed by atoms with Crippen LogP contribution in [0.25, 0.3) is 0 Å². The third-order valence-electron chi connectivity index (χ3n) is 3.17. The van der Waals surface area contributed by atoms with Gasteiger partial charge in [0.15, 0.2) is 6.61 Å². The smallest absolute Gasteiger partial charge is 0.341 e. The Kier molecular flexibility index (Phi) is 5.91. The summed E-state index contributed by atoms with van der Waals surface area (Å²) in [5.74, 6) is -1.40. The fraction of sp³-hybridized carbons (Fsp3) is 0.125. The predicted molar refractivity (Wildman–Crippen MR) is 93.0 cm³/mol. The summed E-state index contributed by atoms with van der Waals surface area (Å²) in [6.45, 7) is -0.534. The molecule has 0 atom stereocenters. The van der Waals surface area contributed by atoms with Crippen LogP contribution >= 0.6 is 11.6 Å². The number of anilines is 2. The minimum atomic E-state index is -0.848. The Morgan fingerprint density at radius 3 is 2.48 bits per heavy atom. The molecular weight excluding hydrogens is 350 g/mol. The van der Waals surface area contributed by atoms with Gasteiger partial charge in [-0.05, 0) is 30.3 Å². The highest BCUT2D eigenvalue weighted by molar-refractivity contribution is 6.30. The molecular formula is C16H14ClN3O5. The summed E-state index contributed by atoms with van der Waals surface area (Å²) < 4.78 is 4.92. The van der Waals surface area contributed by atoms with Crippen LogP contribution in [-0.2, 0) is 9.53 Å². The quantitative estimate of drug-likeness (QED) is 0.463. The molecule has 2 N–H and O–H groups in total. The van der Waals surface area contributed by atoms with Crippen LogP contribution in [0.2, 0.25) is 5.02 Å². The third-order valence-corrected chi connectivity index (χ3v) is 3.42. The lowest BCUT2D eigenvalue weighted by Crippen LogP contribution is -2.21. The standard InChI is InChI=1S/C16H14ClN3O5/c1-18-14-7-6-12(20(23)24)8-13(14)16(22)25-9-15(21)19-11-4-2-10(17)3-5-11/h2-8,18H,9H2,1H3,(H,19,21). The monoisotopic (exact) mass is 363 g/mol. The number of nitrogens with one attached hydrogen (secondary N) is 2. The maximum absolute atomic E-state index is 12.1. The SMILES string of the molecule is CNc1ccc([N+](=O)[O-])cc1C(=O)OCC(=O)Nc1ccc(Cl)cc1. The van der Waals surface area contributed by atoms with E-state index in [9.17, 15) is 19.7 Å². The summed E-state index contributed by atoms with van der Waals surface area (Å²) >= 11 is 5.75. The number of benzene rings is 2. The molecule has 0 bridgehead atoms. The van der Waals surface area contributed by atoms with Gasteiger partial charge >= 0.3 is 5.97 Å². The molecule has 0 unspecified atom stereocenters. The lowest BCUT2D eigenvalue weighted by molar-refractivity contribution is -0.384. The van der Waals surface area contributed by atoms with Crippen LogP contribution in [0.4, 0.5) is 17.1 Å². The lowest BCUT2D eigenvalue weighted by atomic mass is 10.1. The number of non-ortho nitro benzene ring substituents is 1. The number of ether oxygens (including phenoxy) is 1. The van der Waals surface area contributed by atoms with Crippen molar-refractivity contribution in [2.24, 2.45) is 0 Å². The number of nitrogens with zero attached hydrogens (tertiary/aromatic N) is 1. The number of nitro groups is 1. The fourth-order valence-corrected chi connectivity index (χ4v) is 2.10. The van der Waals surface area contributed by atoms with Crippen molar-refractivity contribution in [3.05, 3.63) is 63.2 Å². The zero-order valence-electron chi connectivity index (χ0n) is 13.1. The van der Waals surface area contributed by atoms with E-state index < -0.39 is 23.4 Å². The molecule has 0 aliphatic heterocycles. The van der Waals surface area contributed by atoms with Crippen molar-refractivity contribution in [3.8, 4) is 0 Å². The van der Waals surface area contributed by atoms with E-state index in [0.29, 0.717) is 16.4 Å². The number of halogens is 1. The van der Waals surface area contributed by atoms with Gasteiger partial charge in [0.25, 0.3) is 11.6 Å². The fourth-order valence-electron chi connectivity index (χ4n) is 1.97. The van der Waals surface area contributed by atoms with Gasteiger partial charge in [-0.3, -0.25) is 14.9 Å². The summed E-state index contributed by atoms with van der Waals surface area (Å²) in [4.78, 5) is 34.1. The predicted octanol–water partition coefficient (Wildman–Crippen LogP) is 3.09. The molecule has 2 rings (SSSR count). The molecule has 2 aromatic carbocycles. The van der Waals surface area contributed by atoms with Crippen LogP contribution < -0.4 is 10.6 Å². The van der Waals surface area contributed by atoms with Crippen molar-refractivity contribution in [1.29, 1.82) is 0 Å². The minimum absolute atomic E-state index is 0.0315. The maximum atomic E-state index is 12.1. The van der Waals surface area contributed by atoms with E-state index in [4.69, 9.17) is 16.3 Å². The van der Waals surface area contributed by atoms with Crippen LogP contribution in [0.1, 0.15) is 10.4 Å². The maximum Gasteiger partial charge on any atom is 0.341 e. The highest BCUT2D eigenvalue weighted by Gasteiger charge is 2.18. The van der Waals surface area contributed by atoms with E-state index in [2.05, 4.69) is 10.6 Å². The number of amides is 1. The van der Waals surface area contributed by atoms with Crippen molar-refractivity contribution in [2.75, 3.05) is 24.3 Å². The largest absolute Gasteiger partial charge is 0.452 e. The molecule has 9 heteroatoms. The number of carbonyl (C=O) groups is 2. The van der Waals surface area contributed by atoms with E-state index in [-0.39, 0.29) is 11.3 Å². The van der Waals surface area contributed by atoms with Gasteiger partial charge in [0.05, 0.1) is 10.5 Å². The van der Waals surface area contributed by atoms with Gasteiger partial charge in [-0.1, -0.05) is 11.6 Å². The Balaban J connectivity index is 2.01. The van der Waals surface area contributed by atoms with Gasteiger partial charge in [-0.2, -0.15) is 0 Å². The summed E-state index contributed by atoms with van der Waals surface area (Å²) in [6, 6.07) is 10.1. The molecule has 25 heavy (non-hydrogen) atoms. The number of carbonyl (C=O) groups excluding carboxylic acids is 2. The Hall–Kier alpha value is -3.13. The zero-order chi connectivity index (χ0) is 18.4. The molecule has 130 valence electrons. The molecule has 0 radical (unpaired) electrons. The molecule has 2 aromatic rings. The molecule has 0 aromatic heterocycles. The minimum Gasteiger partial charge on any atom is -0.452 e. The van der Waals surface area contributed by atoms with Crippen molar-refractivity contribution in [1.82, 2.24) is 0 Å². The summed E-state index contributed by atoms with van der Waals surface area (Å²) in [5.41, 5.74) is 0.568. The average Bonchev–Trinajstić information content (AvgIpc) is 2.61. The lowest BCUT2D eigenvalue weighted by Gasteiger charge is -2.09. The van der Waals surface area contributed by atoms with E-state index >= 15 is 0 Å². The normalized spacial score (nSPS) is 10.0. The van der Waals surface area contributed by atoms with E-state index in [1.165, 1.54) is 12.1 Å². The van der Waals surface area contributed by atoms with Gasteiger partial charge < -0.3 is 15.4 Å². The van der Waals surface area contributed by atoms with Crippen LogP contribution in [0.5, 0.6) is 0 Å². The van der Waals surface area contributed by atoms with Crippen molar-refractivity contribution in [2.45, 2.75) is 0 Å². The van der Waals surface area contributed by atoms with Gasteiger partial charge in [-0.15, -0.1) is 0 Å². The zero-order valence-corrected chi connectivity index (χ0v) is 13.9. The second-order valence-electron chi connectivity index (χ2n) is 4.87. The molecule has 8 nitrogen and oxygen atoms in total. The third kappa shape index (κ3) is 4.92. The molecule has 0 aliphatic rings. The van der Waals surface area contributed by atoms with Gasteiger partial charge in [0.1, 0.15) is 0 Å². The number of hydrogen-bond donors (Lipinski definition) is 2. The summed E-state index contributed by atoms with van der Waals surface area (Å²) in [5, 5.41) is 16.6. The molecule has 1 amide bonds. The second-order valence-corrected chi connectivity index (χ2v) is 5.30. The highest BCUT2D eigenvalue weighted by Crippen LogP contribution is 2.22. The van der Waals surface area contributed by atoms with Gasteiger partial charge in [0, 0.05) is 35.6 Å². The molecule has 0 heterocycles. The van der Waals surface area contributed by atoms with Crippen molar-refractivity contribution in [3.63, 3.8) is 0 Å². The first-order valence-corrected chi connectivity index (χ1v) is 7.47. The van der Waals surface area contributed by atoms with E-state index in [0.717, 1.165) is 6.07 Å². The van der Waals surface area contributed by atoms with Crippen LogP contribution in [0.3, 0.4) is 0 Å².